The standard InChI is InChI=1S/C27H28N2O5.CH2O/c1-17-4-3-5-18(12-17)10-11-34-24-14-22(8-9-23(24)33-2)29-27(26(31)32)15-20-7-6-19(25(28)30)13-21(20)16-27;1-2/h3-9,12-14,29H,10-11,15-16H2,1-2H3,(H2,28,30)(H,31,32);1H2. The molecule has 0 fully saturated rings. The molecule has 1 amide bonds. The highest BCUT2D eigenvalue weighted by atomic mass is 16.5. The van der Waals surface area contributed by atoms with Gasteiger partial charge in [-0.25, -0.2) is 4.79 Å². The maximum atomic E-state index is 12.4. The van der Waals surface area contributed by atoms with Crippen molar-refractivity contribution in [2.75, 3.05) is 19.0 Å². The van der Waals surface area contributed by atoms with Gasteiger partial charge in [-0.05, 0) is 47.9 Å². The molecule has 3 aromatic rings. The number of aryl methyl sites for hydroxylation is 1. The highest BCUT2D eigenvalue weighted by Crippen LogP contribution is 2.37. The van der Waals surface area contributed by atoms with Gasteiger partial charge in [0, 0.05) is 36.6 Å². The van der Waals surface area contributed by atoms with Crippen LogP contribution in [0.25, 0.3) is 0 Å². The minimum absolute atomic E-state index is 0.231. The number of rotatable bonds is 9. The fraction of sp³-hybridized carbons (Fsp3) is 0.250. The first-order valence-electron chi connectivity index (χ1n) is 11.4. The predicted molar refractivity (Wildman–Crippen MR) is 137 cm³/mol. The van der Waals surface area contributed by atoms with Crippen LogP contribution in [-0.2, 0) is 28.9 Å². The van der Waals surface area contributed by atoms with Crippen LogP contribution in [0, 0.1) is 6.92 Å². The topological polar surface area (TPSA) is 128 Å². The molecule has 8 heteroatoms. The van der Waals surface area contributed by atoms with Gasteiger partial charge in [0.05, 0.1) is 13.7 Å². The van der Waals surface area contributed by atoms with Crippen LogP contribution in [0.1, 0.15) is 32.6 Å². The van der Waals surface area contributed by atoms with Gasteiger partial charge in [-0.2, -0.15) is 0 Å². The Kier molecular flexibility index (Phi) is 8.32. The number of hydrogen-bond donors (Lipinski definition) is 3. The molecule has 0 heterocycles. The molecule has 0 aromatic heterocycles. The Morgan fingerprint density at radius 2 is 1.78 bits per heavy atom. The lowest BCUT2D eigenvalue weighted by molar-refractivity contribution is -0.142. The van der Waals surface area contributed by atoms with E-state index in [-0.39, 0.29) is 12.8 Å². The maximum absolute atomic E-state index is 12.4. The minimum Gasteiger partial charge on any atom is -0.493 e. The first-order valence-corrected chi connectivity index (χ1v) is 11.4. The van der Waals surface area contributed by atoms with Crippen LogP contribution in [0.5, 0.6) is 11.5 Å². The molecule has 0 saturated heterocycles. The van der Waals surface area contributed by atoms with Crippen molar-refractivity contribution in [3.8, 4) is 11.5 Å². The lowest BCUT2D eigenvalue weighted by Crippen LogP contribution is -2.47. The van der Waals surface area contributed by atoms with E-state index in [1.165, 1.54) is 11.1 Å². The molecule has 1 aliphatic rings. The van der Waals surface area contributed by atoms with E-state index in [2.05, 4.69) is 30.4 Å². The molecule has 4 rings (SSSR count). The third kappa shape index (κ3) is 5.83. The molecule has 0 aliphatic heterocycles. The molecule has 36 heavy (non-hydrogen) atoms. The Balaban J connectivity index is 0.00000176. The average Bonchev–Trinajstić information content (AvgIpc) is 3.24. The Labute approximate surface area is 210 Å². The van der Waals surface area contributed by atoms with Gasteiger partial charge < -0.3 is 30.4 Å². The highest BCUT2D eigenvalue weighted by Gasteiger charge is 2.44. The third-order valence-electron chi connectivity index (χ3n) is 6.16. The van der Waals surface area contributed by atoms with Crippen LogP contribution in [0.15, 0.2) is 60.7 Å². The van der Waals surface area contributed by atoms with Crippen molar-refractivity contribution in [1.29, 1.82) is 0 Å². The summed E-state index contributed by atoms with van der Waals surface area (Å²) < 4.78 is 11.4. The Morgan fingerprint density at radius 1 is 1.03 bits per heavy atom. The fourth-order valence-electron chi connectivity index (χ4n) is 4.41. The monoisotopic (exact) mass is 490 g/mol. The lowest BCUT2D eigenvalue weighted by Gasteiger charge is -2.27. The molecule has 188 valence electrons. The van der Waals surface area contributed by atoms with Crippen molar-refractivity contribution in [1.82, 2.24) is 0 Å². The summed E-state index contributed by atoms with van der Waals surface area (Å²) in [6.07, 6.45) is 1.25. The zero-order valence-corrected chi connectivity index (χ0v) is 20.4. The number of amides is 1. The Morgan fingerprint density at radius 3 is 2.44 bits per heavy atom. The van der Waals surface area contributed by atoms with Crippen LogP contribution in [-0.4, -0.2) is 43.0 Å². The van der Waals surface area contributed by atoms with Crippen molar-refractivity contribution in [3.05, 3.63) is 88.5 Å². The summed E-state index contributed by atoms with van der Waals surface area (Å²) in [5.41, 5.74) is 9.17. The first-order chi connectivity index (χ1) is 17.3. The van der Waals surface area contributed by atoms with Crippen molar-refractivity contribution in [2.45, 2.75) is 31.7 Å². The largest absolute Gasteiger partial charge is 0.493 e. The van der Waals surface area contributed by atoms with E-state index in [4.69, 9.17) is 20.0 Å². The number of benzene rings is 3. The summed E-state index contributed by atoms with van der Waals surface area (Å²) in [7, 11) is 1.57. The predicted octanol–water partition coefficient (Wildman–Crippen LogP) is 3.57. The van der Waals surface area contributed by atoms with Crippen molar-refractivity contribution < 1.29 is 29.0 Å². The van der Waals surface area contributed by atoms with E-state index in [9.17, 15) is 14.7 Å². The van der Waals surface area contributed by atoms with E-state index in [1.54, 1.807) is 43.5 Å². The van der Waals surface area contributed by atoms with Gasteiger partial charge >= 0.3 is 5.97 Å². The molecule has 0 bridgehead atoms. The quantitative estimate of drug-likeness (QED) is 0.418. The van der Waals surface area contributed by atoms with Gasteiger partial charge in [0.25, 0.3) is 0 Å². The number of carboxylic acids is 1. The number of primary amides is 1. The summed E-state index contributed by atoms with van der Waals surface area (Å²) >= 11 is 0. The van der Waals surface area contributed by atoms with E-state index < -0.39 is 17.4 Å². The SMILES string of the molecule is C=O.COc1ccc(NC2(C(=O)O)Cc3ccc(C(N)=O)cc3C2)cc1OCCc1cccc(C)c1. The van der Waals surface area contributed by atoms with E-state index in [1.807, 2.05) is 12.9 Å². The zero-order valence-electron chi connectivity index (χ0n) is 20.4. The minimum atomic E-state index is -1.24. The number of anilines is 1. The molecule has 0 spiro atoms. The Bertz CT molecular complexity index is 1260. The fourth-order valence-corrected chi connectivity index (χ4v) is 4.41. The molecular formula is C28H30N2O6. The number of nitrogens with two attached hydrogens (primary N) is 1. The number of hydrogen-bond acceptors (Lipinski definition) is 6. The van der Waals surface area contributed by atoms with Crippen LogP contribution < -0.4 is 20.5 Å². The number of nitrogens with one attached hydrogen (secondary N) is 1. The molecule has 0 saturated carbocycles. The normalized spacial score (nSPS) is 15.7. The van der Waals surface area contributed by atoms with Crippen molar-refractivity contribution in [3.63, 3.8) is 0 Å². The molecular weight excluding hydrogens is 460 g/mol. The van der Waals surface area contributed by atoms with Crippen LogP contribution in [0.2, 0.25) is 0 Å². The van der Waals surface area contributed by atoms with E-state index >= 15 is 0 Å². The number of aliphatic carboxylic acids is 1. The first kappa shape index (κ1) is 26.3. The molecule has 3 aromatic carbocycles. The summed E-state index contributed by atoms with van der Waals surface area (Å²) in [4.78, 5) is 31.9. The van der Waals surface area contributed by atoms with Crippen LogP contribution in [0.3, 0.4) is 0 Å². The number of ether oxygens (including phenoxy) is 2. The summed E-state index contributed by atoms with van der Waals surface area (Å²) in [5, 5.41) is 13.3. The second kappa shape index (κ2) is 11.4. The van der Waals surface area contributed by atoms with E-state index in [0.717, 1.165) is 17.5 Å². The zero-order chi connectivity index (χ0) is 26.3. The van der Waals surface area contributed by atoms with Crippen molar-refractivity contribution in [2.24, 2.45) is 5.73 Å². The van der Waals surface area contributed by atoms with Gasteiger partial charge in [-0.3, -0.25) is 4.79 Å². The van der Waals surface area contributed by atoms with Crippen LogP contribution in [0.4, 0.5) is 5.69 Å². The van der Waals surface area contributed by atoms with Gasteiger partial charge in [0.15, 0.2) is 11.5 Å². The van der Waals surface area contributed by atoms with E-state index in [0.29, 0.717) is 29.4 Å². The molecule has 0 radical (unpaired) electrons. The molecule has 1 aliphatic carbocycles. The summed E-state index contributed by atoms with van der Waals surface area (Å²) in [6.45, 7) is 4.51. The van der Waals surface area contributed by atoms with Crippen molar-refractivity contribution >= 4 is 24.4 Å². The average molecular weight is 491 g/mol. The van der Waals surface area contributed by atoms with Gasteiger partial charge in [-0.1, -0.05) is 35.9 Å². The number of fused-ring (bicyclic) bond motifs is 1. The summed E-state index contributed by atoms with van der Waals surface area (Å²) in [6, 6.07) is 18.6. The van der Waals surface area contributed by atoms with Gasteiger partial charge in [0.1, 0.15) is 12.3 Å². The van der Waals surface area contributed by atoms with Gasteiger partial charge in [-0.15, -0.1) is 0 Å². The smallest absolute Gasteiger partial charge is 0.330 e. The summed E-state index contributed by atoms with van der Waals surface area (Å²) in [5.74, 6) is -0.402. The number of methoxy groups -OCH3 is 1. The van der Waals surface area contributed by atoms with Crippen LogP contribution >= 0.6 is 0 Å². The second-order valence-electron chi connectivity index (χ2n) is 8.67. The Hall–Kier alpha value is -4.33. The lowest BCUT2D eigenvalue weighted by atomic mass is 9.95. The maximum Gasteiger partial charge on any atom is 0.330 e. The molecule has 1 unspecified atom stereocenters. The second-order valence-corrected chi connectivity index (χ2v) is 8.67. The number of carbonyl (C=O) groups excluding carboxylic acids is 2. The molecule has 8 nitrogen and oxygen atoms in total. The third-order valence-corrected chi connectivity index (χ3v) is 6.16. The van der Waals surface area contributed by atoms with Gasteiger partial charge in [0.2, 0.25) is 5.91 Å². The number of carboxylic acid groups (broad SMARTS) is 1. The highest BCUT2D eigenvalue weighted by molar-refractivity contribution is 5.93. The molecule has 4 N–H and O–H groups in total. The molecule has 1 atom stereocenters. The number of carbonyl (C=O) groups is 3.